The number of nitrogen functional groups attached to an aromatic ring is 1. The lowest BCUT2D eigenvalue weighted by Crippen LogP contribution is -1.89. The summed E-state index contributed by atoms with van der Waals surface area (Å²) in [6, 6.07) is 4.74. The highest BCUT2D eigenvalue weighted by Gasteiger charge is 2.03. The van der Waals surface area contributed by atoms with Gasteiger partial charge in [-0.05, 0) is 34.1 Å². The van der Waals surface area contributed by atoms with Crippen molar-refractivity contribution >= 4 is 32.5 Å². The summed E-state index contributed by atoms with van der Waals surface area (Å²) in [6.07, 6.45) is 1.56. The van der Waals surface area contributed by atoms with Crippen LogP contribution in [0, 0.1) is 5.82 Å². The number of pyridine rings is 1. The van der Waals surface area contributed by atoms with Crippen molar-refractivity contribution in [1.29, 1.82) is 0 Å². The zero-order valence-corrected chi connectivity index (χ0v) is 8.18. The Bertz CT molecular complexity index is 465. The van der Waals surface area contributed by atoms with Gasteiger partial charge in [-0.2, -0.15) is 0 Å². The third-order valence-corrected chi connectivity index (χ3v) is 2.16. The summed E-state index contributed by atoms with van der Waals surface area (Å²) < 4.78 is 14.0. The van der Waals surface area contributed by atoms with E-state index >= 15 is 0 Å². The lowest BCUT2D eigenvalue weighted by atomic mass is 10.2. The zero-order valence-electron chi connectivity index (χ0n) is 6.59. The minimum Gasteiger partial charge on any atom is -0.399 e. The molecule has 0 aliphatic carbocycles. The summed E-state index contributed by atoms with van der Waals surface area (Å²) in [5.74, 6) is -0.387. The molecule has 0 radical (unpaired) electrons. The van der Waals surface area contributed by atoms with E-state index in [-0.39, 0.29) is 5.82 Å². The molecule has 0 aliphatic rings. The lowest BCUT2D eigenvalue weighted by molar-refractivity contribution is 0.637. The first-order chi connectivity index (χ1) is 6.16. The number of rotatable bonds is 0. The fraction of sp³-hybridized carbons (Fsp3) is 0. The monoisotopic (exact) mass is 240 g/mol. The van der Waals surface area contributed by atoms with E-state index in [1.54, 1.807) is 18.3 Å². The maximum atomic E-state index is 13.2. The molecule has 0 bridgehead atoms. The van der Waals surface area contributed by atoms with Gasteiger partial charge in [-0.15, -0.1) is 0 Å². The molecule has 66 valence electrons. The van der Waals surface area contributed by atoms with Crippen molar-refractivity contribution < 1.29 is 4.39 Å². The molecule has 0 atom stereocenters. The molecule has 2 nitrogen and oxygen atoms in total. The number of aromatic nitrogens is 1. The predicted molar refractivity (Wildman–Crippen MR) is 53.8 cm³/mol. The Morgan fingerprint density at radius 1 is 1.31 bits per heavy atom. The highest BCUT2D eigenvalue weighted by molar-refractivity contribution is 9.10. The van der Waals surface area contributed by atoms with Gasteiger partial charge in [0.05, 0.1) is 0 Å². The molecule has 0 fully saturated rings. The number of hydrogen-bond donors (Lipinski definition) is 1. The molecule has 0 amide bonds. The zero-order chi connectivity index (χ0) is 9.42. The van der Waals surface area contributed by atoms with Crippen molar-refractivity contribution in [3.63, 3.8) is 0 Å². The lowest BCUT2D eigenvalue weighted by Gasteiger charge is -2.00. The van der Waals surface area contributed by atoms with E-state index in [9.17, 15) is 4.39 Å². The van der Waals surface area contributed by atoms with Crippen LogP contribution in [0.15, 0.2) is 28.9 Å². The van der Waals surface area contributed by atoms with Crippen LogP contribution >= 0.6 is 15.9 Å². The van der Waals surface area contributed by atoms with Gasteiger partial charge in [0.25, 0.3) is 0 Å². The molecular weight excluding hydrogens is 235 g/mol. The Labute approximate surface area is 82.7 Å². The van der Waals surface area contributed by atoms with Crippen LogP contribution in [0.25, 0.3) is 10.9 Å². The molecule has 0 saturated heterocycles. The molecule has 2 aromatic rings. The van der Waals surface area contributed by atoms with Crippen molar-refractivity contribution in [2.24, 2.45) is 0 Å². The number of benzene rings is 1. The smallest absolute Gasteiger partial charge is 0.151 e. The normalized spacial score (nSPS) is 10.6. The van der Waals surface area contributed by atoms with Gasteiger partial charge in [-0.3, -0.25) is 4.98 Å². The summed E-state index contributed by atoms with van der Waals surface area (Å²) in [7, 11) is 0. The maximum absolute atomic E-state index is 13.2. The van der Waals surface area contributed by atoms with Gasteiger partial charge in [0.1, 0.15) is 5.52 Å². The first-order valence-electron chi connectivity index (χ1n) is 3.67. The highest BCUT2D eigenvalue weighted by atomic mass is 79.9. The first-order valence-corrected chi connectivity index (χ1v) is 4.46. The standard InChI is InChI=1S/C9H6BrFN2/c10-6-1-5-2-7(12)3-8(11)9(5)13-4-6/h1-4H,12H2. The van der Waals surface area contributed by atoms with Gasteiger partial charge >= 0.3 is 0 Å². The van der Waals surface area contributed by atoms with Crippen LogP contribution in [0.2, 0.25) is 0 Å². The van der Waals surface area contributed by atoms with Gasteiger partial charge in [0, 0.05) is 21.7 Å². The molecule has 1 aromatic carbocycles. The minimum atomic E-state index is -0.387. The molecule has 1 heterocycles. The number of hydrogen-bond acceptors (Lipinski definition) is 2. The molecule has 0 spiro atoms. The van der Waals surface area contributed by atoms with Gasteiger partial charge in [0.15, 0.2) is 5.82 Å². The van der Waals surface area contributed by atoms with E-state index < -0.39 is 0 Å². The number of nitrogens with two attached hydrogens (primary N) is 1. The molecule has 2 N–H and O–H groups in total. The van der Waals surface area contributed by atoms with E-state index in [1.807, 2.05) is 0 Å². The quantitative estimate of drug-likeness (QED) is 0.720. The molecule has 2 rings (SSSR count). The van der Waals surface area contributed by atoms with Crippen LogP contribution in [0.4, 0.5) is 10.1 Å². The van der Waals surface area contributed by atoms with Crippen molar-refractivity contribution in [3.8, 4) is 0 Å². The van der Waals surface area contributed by atoms with Crippen molar-refractivity contribution in [1.82, 2.24) is 4.98 Å². The van der Waals surface area contributed by atoms with Gasteiger partial charge in [0.2, 0.25) is 0 Å². The molecular formula is C9H6BrFN2. The fourth-order valence-corrected chi connectivity index (χ4v) is 1.55. The molecule has 0 aliphatic heterocycles. The van der Waals surface area contributed by atoms with Crippen LogP contribution < -0.4 is 5.73 Å². The van der Waals surface area contributed by atoms with E-state index in [0.717, 1.165) is 4.47 Å². The Balaban J connectivity index is 2.86. The number of nitrogens with zero attached hydrogens (tertiary/aromatic N) is 1. The third kappa shape index (κ3) is 1.49. The van der Waals surface area contributed by atoms with Crippen LogP contribution in [-0.4, -0.2) is 4.98 Å². The van der Waals surface area contributed by atoms with E-state index in [1.165, 1.54) is 6.07 Å². The molecule has 13 heavy (non-hydrogen) atoms. The second-order valence-corrected chi connectivity index (χ2v) is 3.64. The topological polar surface area (TPSA) is 38.9 Å². The van der Waals surface area contributed by atoms with Crippen LogP contribution in [0.1, 0.15) is 0 Å². The molecule has 4 heteroatoms. The van der Waals surface area contributed by atoms with Crippen molar-refractivity contribution in [3.05, 3.63) is 34.7 Å². The van der Waals surface area contributed by atoms with E-state index in [4.69, 9.17) is 5.73 Å². The van der Waals surface area contributed by atoms with Crippen LogP contribution in [0.3, 0.4) is 0 Å². The number of anilines is 1. The average molecular weight is 241 g/mol. The van der Waals surface area contributed by atoms with E-state index in [0.29, 0.717) is 16.6 Å². The molecule has 0 unspecified atom stereocenters. The fourth-order valence-electron chi connectivity index (χ4n) is 1.20. The SMILES string of the molecule is Nc1cc(F)c2ncc(Br)cc2c1. The Kier molecular flexibility index (Phi) is 1.92. The third-order valence-electron chi connectivity index (χ3n) is 1.73. The maximum Gasteiger partial charge on any atom is 0.151 e. The minimum absolute atomic E-state index is 0.345. The number of halogens is 2. The Morgan fingerprint density at radius 3 is 2.85 bits per heavy atom. The number of fused-ring (bicyclic) bond motifs is 1. The van der Waals surface area contributed by atoms with Crippen molar-refractivity contribution in [2.45, 2.75) is 0 Å². The Hall–Kier alpha value is -1.16. The summed E-state index contributed by atoms with van der Waals surface area (Å²) in [5.41, 5.74) is 6.24. The van der Waals surface area contributed by atoms with Gasteiger partial charge < -0.3 is 5.73 Å². The van der Waals surface area contributed by atoms with E-state index in [2.05, 4.69) is 20.9 Å². The van der Waals surface area contributed by atoms with Gasteiger partial charge in [-0.25, -0.2) is 4.39 Å². The summed E-state index contributed by atoms with van der Waals surface area (Å²) in [6.45, 7) is 0. The predicted octanol–water partition coefficient (Wildman–Crippen LogP) is 2.72. The first kappa shape index (κ1) is 8.44. The van der Waals surface area contributed by atoms with Crippen LogP contribution in [0.5, 0.6) is 0 Å². The van der Waals surface area contributed by atoms with Crippen molar-refractivity contribution in [2.75, 3.05) is 5.73 Å². The second-order valence-electron chi connectivity index (χ2n) is 2.73. The molecule has 1 aromatic heterocycles. The molecule has 0 saturated carbocycles. The van der Waals surface area contributed by atoms with Crippen LogP contribution in [-0.2, 0) is 0 Å². The highest BCUT2D eigenvalue weighted by Crippen LogP contribution is 2.22. The summed E-state index contributed by atoms with van der Waals surface area (Å²) in [5, 5.41) is 0.701. The summed E-state index contributed by atoms with van der Waals surface area (Å²) >= 11 is 3.26. The van der Waals surface area contributed by atoms with Gasteiger partial charge in [-0.1, -0.05) is 0 Å². The Morgan fingerprint density at radius 2 is 2.08 bits per heavy atom. The summed E-state index contributed by atoms with van der Waals surface area (Å²) in [4.78, 5) is 3.94. The average Bonchev–Trinajstić information content (AvgIpc) is 2.02. The second kappa shape index (κ2) is 2.96. The largest absolute Gasteiger partial charge is 0.399 e.